The van der Waals surface area contributed by atoms with E-state index in [2.05, 4.69) is 71.3 Å². The van der Waals surface area contributed by atoms with Crippen LogP contribution in [-0.2, 0) is 0 Å². The fraction of sp³-hybridized carbons (Fsp3) is 0.0769. The number of nitrogens with one attached hydrogen (secondary N) is 2. The van der Waals surface area contributed by atoms with Crippen LogP contribution in [0.3, 0.4) is 0 Å². The van der Waals surface area contributed by atoms with E-state index in [1.165, 1.54) is 0 Å². The first-order valence-corrected chi connectivity index (χ1v) is 9.85. The molecular weight excluding hydrogens is 372 g/mol. The summed E-state index contributed by atoms with van der Waals surface area (Å²) in [6, 6.07) is 20.5. The standard InChI is InChI=1S/C26H22N2O2/c1-29-21-11-5-17(6-12-21)23-15-9-19-3-4-20-10-16-24(28-26(20)25(19)27-23)18-7-13-22(30-2)14-8-18/h3-16,27-28H,1-2H3. The Morgan fingerprint density at radius 2 is 0.900 bits per heavy atom. The minimum atomic E-state index is 0.849. The fourth-order valence-corrected chi connectivity index (χ4v) is 3.76. The molecular formula is C26H22N2O2. The van der Waals surface area contributed by atoms with Crippen molar-refractivity contribution < 1.29 is 9.47 Å². The first-order chi connectivity index (χ1) is 14.7. The predicted molar refractivity (Wildman–Crippen MR) is 124 cm³/mol. The lowest BCUT2D eigenvalue weighted by molar-refractivity contribution is 0.414. The van der Waals surface area contributed by atoms with E-state index in [1.807, 2.05) is 24.3 Å². The topological polar surface area (TPSA) is 42.5 Å². The third-order valence-corrected chi connectivity index (χ3v) is 5.45. The average molecular weight is 394 g/mol. The molecule has 2 aliphatic rings. The van der Waals surface area contributed by atoms with Crippen molar-refractivity contribution in [2.45, 2.75) is 0 Å². The van der Waals surface area contributed by atoms with Crippen molar-refractivity contribution in [3.05, 3.63) is 94.4 Å². The van der Waals surface area contributed by atoms with Crippen LogP contribution in [0.25, 0.3) is 23.5 Å². The summed E-state index contributed by atoms with van der Waals surface area (Å²) in [6.07, 6.45) is 8.53. The molecule has 0 bridgehead atoms. The number of anilines is 2. The van der Waals surface area contributed by atoms with Crippen LogP contribution in [0.2, 0.25) is 0 Å². The molecule has 0 radical (unpaired) electrons. The number of rotatable bonds is 4. The van der Waals surface area contributed by atoms with Gasteiger partial charge in [0.15, 0.2) is 0 Å². The molecule has 2 N–H and O–H groups in total. The zero-order valence-corrected chi connectivity index (χ0v) is 16.9. The van der Waals surface area contributed by atoms with Crippen LogP contribution in [0.5, 0.6) is 11.5 Å². The molecule has 30 heavy (non-hydrogen) atoms. The maximum atomic E-state index is 5.28. The maximum absolute atomic E-state index is 5.28. The second-order valence-electron chi connectivity index (χ2n) is 7.20. The van der Waals surface area contributed by atoms with Gasteiger partial charge >= 0.3 is 0 Å². The van der Waals surface area contributed by atoms with Crippen molar-refractivity contribution in [1.82, 2.24) is 0 Å². The van der Waals surface area contributed by atoms with Gasteiger partial charge in [-0.2, -0.15) is 0 Å². The smallest absolute Gasteiger partial charge is 0.118 e. The van der Waals surface area contributed by atoms with Gasteiger partial charge in [0.2, 0.25) is 0 Å². The van der Waals surface area contributed by atoms with Crippen molar-refractivity contribution >= 4 is 34.9 Å². The van der Waals surface area contributed by atoms with Crippen molar-refractivity contribution in [3.63, 3.8) is 0 Å². The summed E-state index contributed by atoms with van der Waals surface area (Å²) in [6.45, 7) is 0. The minimum absolute atomic E-state index is 0.849. The molecule has 0 atom stereocenters. The molecule has 0 spiro atoms. The van der Waals surface area contributed by atoms with Gasteiger partial charge in [-0.3, -0.25) is 0 Å². The van der Waals surface area contributed by atoms with Gasteiger partial charge in [0.05, 0.1) is 25.6 Å². The number of ether oxygens (including phenoxy) is 2. The third kappa shape index (κ3) is 3.22. The van der Waals surface area contributed by atoms with Gasteiger partial charge in [0.25, 0.3) is 0 Å². The van der Waals surface area contributed by atoms with E-state index in [1.54, 1.807) is 14.2 Å². The Morgan fingerprint density at radius 3 is 1.27 bits per heavy atom. The van der Waals surface area contributed by atoms with Crippen molar-refractivity contribution in [2.75, 3.05) is 24.9 Å². The van der Waals surface area contributed by atoms with Crippen molar-refractivity contribution in [1.29, 1.82) is 0 Å². The first-order valence-electron chi connectivity index (χ1n) is 9.85. The van der Waals surface area contributed by atoms with Crippen LogP contribution in [0.15, 0.2) is 72.8 Å². The van der Waals surface area contributed by atoms with Gasteiger partial charge < -0.3 is 20.1 Å². The van der Waals surface area contributed by atoms with Crippen LogP contribution < -0.4 is 30.5 Å². The summed E-state index contributed by atoms with van der Waals surface area (Å²) >= 11 is 0. The Morgan fingerprint density at radius 1 is 0.500 bits per heavy atom. The van der Waals surface area contributed by atoms with Gasteiger partial charge in [-0.05, 0) is 71.8 Å². The normalized spacial score (nSPS) is 13.8. The molecule has 4 heteroatoms. The summed E-state index contributed by atoms with van der Waals surface area (Å²) in [5.41, 5.74) is 6.50. The van der Waals surface area contributed by atoms with Gasteiger partial charge in [-0.25, -0.2) is 0 Å². The maximum Gasteiger partial charge on any atom is 0.118 e. The molecule has 0 amide bonds. The monoisotopic (exact) mass is 394 g/mol. The molecule has 0 aliphatic carbocycles. The van der Waals surface area contributed by atoms with E-state index < -0.39 is 0 Å². The molecule has 0 fully saturated rings. The molecule has 5 rings (SSSR count). The number of methoxy groups -OCH3 is 2. The zero-order valence-electron chi connectivity index (χ0n) is 16.9. The Bertz CT molecular complexity index is 1180. The molecule has 0 saturated carbocycles. The molecule has 0 aromatic heterocycles. The third-order valence-electron chi connectivity index (χ3n) is 5.45. The van der Waals surface area contributed by atoms with E-state index in [0.717, 1.165) is 55.8 Å². The highest BCUT2D eigenvalue weighted by molar-refractivity contribution is 5.95. The largest absolute Gasteiger partial charge is 0.497 e. The van der Waals surface area contributed by atoms with Gasteiger partial charge in [-0.1, -0.05) is 24.3 Å². The lowest BCUT2D eigenvalue weighted by Crippen LogP contribution is -2.24. The molecule has 3 aromatic rings. The van der Waals surface area contributed by atoms with Gasteiger partial charge in [0, 0.05) is 21.8 Å². The molecule has 2 heterocycles. The average Bonchev–Trinajstić information content (AvgIpc) is 2.83. The van der Waals surface area contributed by atoms with Crippen LogP contribution in [0.4, 0.5) is 11.4 Å². The summed E-state index contributed by atoms with van der Waals surface area (Å²) in [4.78, 5) is 0. The first kappa shape index (κ1) is 18.1. The van der Waals surface area contributed by atoms with E-state index >= 15 is 0 Å². The Hall–Kier alpha value is -3.92. The molecule has 0 unspecified atom stereocenters. The van der Waals surface area contributed by atoms with E-state index in [4.69, 9.17) is 9.47 Å². The number of fused-ring (bicyclic) bond motifs is 3. The summed E-state index contributed by atoms with van der Waals surface area (Å²) in [5, 5.41) is 9.57. The fourth-order valence-electron chi connectivity index (χ4n) is 3.76. The molecule has 2 aliphatic heterocycles. The van der Waals surface area contributed by atoms with Crippen LogP contribution in [-0.4, -0.2) is 14.2 Å². The van der Waals surface area contributed by atoms with Crippen LogP contribution in [0.1, 0.15) is 11.1 Å². The highest BCUT2D eigenvalue weighted by Crippen LogP contribution is 2.29. The number of allylic oxidation sites excluding steroid dienone is 2. The van der Waals surface area contributed by atoms with E-state index in [9.17, 15) is 0 Å². The predicted octanol–water partition coefficient (Wildman–Crippen LogP) is 4.20. The number of hydrogen-bond donors (Lipinski definition) is 2. The lowest BCUT2D eigenvalue weighted by Gasteiger charge is -2.23. The number of hydrogen-bond acceptors (Lipinski definition) is 4. The molecule has 148 valence electrons. The number of benzene rings is 3. The highest BCUT2D eigenvalue weighted by Gasteiger charge is 2.16. The van der Waals surface area contributed by atoms with Crippen molar-refractivity contribution in [3.8, 4) is 11.5 Å². The Labute approximate surface area is 175 Å². The second-order valence-corrected chi connectivity index (χ2v) is 7.20. The van der Waals surface area contributed by atoms with Crippen LogP contribution >= 0.6 is 0 Å². The summed E-state index contributed by atoms with van der Waals surface area (Å²) in [5.74, 6) is 1.70. The second kappa shape index (κ2) is 7.48. The van der Waals surface area contributed by atoms with E-state index in [-0.39, 0.29) is 0 Å². The van der Waals surface area contributed by atoms with E-state index in [0.29, 0.717) is 0 Å². The quantitative estimate of drug-likeness (QED) is 0.696. The molecule has 3 aromatic carbocycles. The minimum Gasteiger partial charge on any atom is -0.497 e. The lowest BCUT2D eigenvalue weighted by atomic mass is 10.0. The van der Waals surface area contributed by atoms with Crippen molar-refractivity contribution in [2.24, 2.45) is 0 Å². The summed E-state index contributed by atoms with van der Waals surface area (Å²) < 4.78 is 10.6. The molecule has 4 nitrogen and oxygen atoms in total. The zero-order chi connectivity index (χ0) is 20.5. The highest BCUT2D eigenvalue weighted by atomic mass is 16.5. The SMILES string of the molecule is COc1ccc(C2=CC=c3ccc4c(c3N2)NC(c2ccc(OC)cc2)=CC=4)cc1. The van der Waals surface area contributed by atoms with Gasteiger partial charge in [0.1, 0.15) is 11.5 Å². The van der Waals surface area contributed by atoms with Crippen LogP contribution in [0, 0.1) is 0 Å². The Balaban J connectivity index is 1.49. The summed E-state index contributed by atoms with van der Waals surface area (Å²) in [7, 11) is 3.36. The Kier molecular flexibility index (Phi) is 4.52. The molecule has 0 saturated heterocycles. The van der Waals surface area contributed by atoms with Gasteiger partial charge in [-0.15, -0.1) is 0 Å².